The summed E-state index contributed by atoms with van der Waals surface area (Å²) in [7, 11) is 1.48. The molecule has 9 heteroatoms. The van der Waals surface area contributed by atoms with Gasteiger partial charge in [-0.25, -0.2) is 4.79 Å². The van der Waals surface area contributed by atoms with E-state index < -0.39 is 23.9 Å². The third kappa shape index (κ3) is 4.36. The fraction of sp³-hybridized carbons (Fsp3) is 0.263. The average Bonchev–Trinajstić information content (AvgIpc) is 3.06. The average molecular weight is 394 g/mol. The lowest BCUT2D eigenvalue weighted by molar-refractivity contribution is -0.137. The van der Waals surface area contributed by atoms with Crippen molar-refractivity contribution in [3.8, 4) is 5.75 Å². The number of halogens is 3. The van der Waals surface area contributed by atoms with Crippen LogP contribution in [-0.4, -0.2) is 38.3 Å². The first-order chi connectivity index (χ1) is 13.3. The fourth-order valence-corrected chi connectivity index (χ4v) is 2.76. The Morgan fingerprint density at radius 1 is 1.25 bits per heavy atom. The Kier molecular flexibility index (Phi) is 5.43. The van der Waals surface area contributed by atoms with Crippen molar-refractivity contribution < 1.29 is 32.2 Å². The second kappa shape index (κ2) is 7.79. The van der Waals surface area contributed by atoms with Crippen molar-refractivity contribution in [3.63, 3.8) is 0 Å². The van der Waals surface area contributed by atoms with Crippen LogP contribution in [0.15, 0.2) is 48.5 Å². The van der Waals surface area contributed by atoms with Crippen LogP contribution < -0.4 is 15.0 Å². The molecule has 0 radical (unpaired) electrons. The lowest BCUT2D eigenvalue weighted by atomic mass is 10.1. The second-order valence-electron chi connectivity index (χ2n) is 6.11. The Balaban J connectivity index is 1.62. The molecular formula is C19H17F3N2O4. The van der Waals surface area contributed by atoms with Gasteiger partial charge >= 0.3 is 12.3 Å². The van der Waals surface area contributed by atoms with Crippen molar-refractivity contribution in [1.29, 1.82) is 0 Å². The van der Waals surface area contributed by atoms with E-state index in [0.29, 0.717) is 11.3 Å². The van der Waals surface area contributed by atoms with Crippen LogP contribution in [0.2, 0.25) is 0 Å². The number of hydrogen-bond acceptors (Lipinski definition) is 4. The number of benzene rings is 2. The maximum atomic E-state index is 12.9. The number of nitrogens with zero attached hydrogens (tertiary/aromatic N) is 1. The first-order valence-electron chi connectivity index (χ1n) is 8.35. The van der Waals surface area contributed by atoms with Gasteiger partial charge < -0.3 is 14.8 Å². The zero-order valence-corrected chi connectivity index (χ0v) is 14.8. The first-order valence-corrected chi connectivity index (χ1v) is 8.35. The smallest absolute Gasteiger partial charge is 0.416 e. The van der Waals surface area contributed by atoms with Crippen LogP contribution in [0.5, 0.6) is 5.75 Å². The molecule has 1 unspecified atom stereocenters. The van der Waals surface area contributed by atoms with Crippen LogP contribution in [0.25, 0.3) is 0 Å². The number of ether oxygens (including phenoxy) is 2. The van der Waals surface area contributed by atoms with Crippen LogP contribution in [-0.2, 0) is 10.9 Å². The Morgan fingerprint density at radius 2 is 2.00 bits per heavy atom. The van der Waals surface area contributed by atoms with Gasteiger partial charge in [0.05, 0.1) is 25.8 Å². The molecule has 3 rings (SSSR count). The maximum Gasteiger partial charge on any atom is 0.416 e. The maximum absolute atomic E-state index is 12.9. The van der Waals surface area contributed by atoms with E-state index in [1.807, 2.05) is 0 Å². The summed E-state index contributed by atoms with van der Waals surface area (Å²) < 4.78 is 48.8. The van der Waals surface area contributed by atoms with E-state index in [0.717, 1.165) is 17.0 Å². The van der Waals surface area contributed by atoms with Gasteiger partial charge in [0.2, 0.25) is 0 Å². The molecule has 0 aliphatic carbocycles. The summed E-state index contributed by atoms with van der Waals surface area (Å²) >= 11 is 0. The van der Waals surface area contributed by atoms with Gasteiger partial charge in [0.1, 0.15) is 11.9 Å². The van der Waals surface area contributed by atoms with Crippen LogP contribution in [0, 0.1) is 0 Å². The molecule has 148 valence electrons. The number of nitrogens with one attached hydrogen (secondary N) is 1. The molecule has 1 N–H and O–H groups in total. The van der Waals surface area contributed by atoms with Crippen molar-refractivity contribution in [2.75, 3.05) is 25.1 Å². The molecule has 1 aliphatic rings. The van der Waals surface area contributed by atoms with Crippen LogP contribution >= 0.6 is 0 Å². The number of methoxy groups -OCH3 is 1. The minimum atomic E-state index is -4.51. The fourth-order valence-electron chi connectivity index (χ4n) is 2.76. The zero-order valence-electron chi connectivity index (χ0n) is 14.8. The van der Waals surface area contributed by atoms with Gasteiger partial charge in [-0.15, -0.1) is 0 Å². The van der Waals surface area contributed by atoms with Crippen LogP contribution in [0.1, 0.15) is 15.9 Å². The van der Waals surface area contributed by atoms with Crippen molar-refractivity contribution in [1.82, 2.24) is 5.32 Å². The van der Waals surface area contributed by atoms with Gasteiger partial charge in [-0.3, -0.25) is 9.69 Å². The Bertz CT molecular complexity index is 885. The van der Waals surface area contributed by atoms with E-state index >= 15 is 0 Å². The summed E-state index contributed by atoms with van der Waals surface area (Å²) in [4.78, 5) is 25.4. The Labute approximate surface area is 158 Å². The van der Waals surface area contributed by atoms with Gasteiger partial charge in [0.15, 0.2) is 0 Å². The normalized spacial score (nSPS) is 16.6. The minimum Gasteiger partial charge on any atom is -0.497 e. The number of rotatable bonds is 5. The molecule has 1 fully saturated rings. The molecule has 1 saturated heterocycles. The number of carbonyl (C=O) groups excluding carboxylic acids is 2. The molecule has 28 heavy (non-hydrogen) atoms. The molecular weight excluding hydrogens is 377 g/mol. The predicted molar refractivity (Wildman–Crippen MR) is 94.4 cm³/mol. The molecule has 1 aliphatic heterocycles. The summed E-state index contributed by atoms with van der Waals surface area (Å²) in [6.07, 6.45) is -5.96. The summed E-state index contributed by atoms with van der Waals surface area (Å²) in [5.41, 5.74) is -0.396. The standard InChI is InChI=1S/C19H17F3N2O4/c1-27-15-7-2-4-12(8-15)17(25)23-10-16-11-24(18(26)28-16)14-6-3-5-13(9-14)19(20,21)22/h2-9,16H,10-11H2,1H3,(H,23,25). The van der Waals surface area contributed by atoms with E-state index in [4.69, 9.17) is 9.47 Å². The molecule has 2 aromatic rings. The van der Waals surface area contributed by atoms with Crippen molar-refractivity contribution in [2.24, 2.45) is 0 Å². The predicted octanol–water partition coefficient (Wildman–Crippen LogP) is 3.47. The highest BCUT2D eigenvalue weighted by Crippen LogP contribution is 2.32. The highest BCUT2D eigenvalue weighted by atomic mass is 19.4. The van der Waals surface area contributed by atoms with Crippen LogP contribution in [0.4, 0.5) is 23.7 Å². The third-order valence-corrected chi connectivity index (χ3v) is 4.18. The molecule has 0 aromatic heterocycles. The highest BCUT2D eigenvalue weighted by molar-refractivity contribution is 5.94. The van der Waals surface area contributed by atoms with Gasteiger partial charge in [-0.05, 0) is 36.4 Å². The molecule has 1 atom stereocenters. The van der Waals surface area contributed by atoms with E-state index in [9.17, 15) is 22.8 Å². The van der Waals surface area contributed by atoms with Gasteiger partial charge in [0, 0.05) is 11.3 Å². The molecule has 2 aromatic carbocycles. The molecule has 0 spiro atoms. The van der Waals surface area contributed by atoms with E-state index in [2.05, 4.69) is 5.32 Å². The summed E-state index contributed by atoms with van der Waals surface area (Å²) in [5, 5.41) is 2.64. The number of alkyl halides is 3. The monoisotopic (exact) mass is 394 g/mol. The molecule has 2 amide bonds. The summed E-state index contributed by atoms with van der Waals surface area (Å²) in [6, 6.07) is 11.0. The third-order valence-electron chi connectivity index (χ3n) is 4.18. The second-order valence-corrected chi connectivity index (χ2v) is 6.11. The lowest BCUT2D eigenvalue weighted by Crippen LogP contribution is -2.34. The minimum absolute atomic E-state index is 0.0250. The van der Waals surface area contributed by atoms with Gasteiger partial charge in [-0.2, -0.15) is 13.2 Å². The van der Waals surface area contributed by atoms with E-state index in [1.54, 1.807) is 24.3 Å². The Morgan fingerprint density at radius 3 is 2.71 bits per heavy atom. The number of cyclic esters (lactones) is 1. The number of amides is 2. The topological polar surface area (TPSA) is 67.9 Å². The van der Waals surface area contributed by atoms with Crippen molar-refractivity contribution in [3.05, 3.63) is 59.7 Å². The highest BCUT2D eigenvalue weighted by Gasteiger charge is 2.35. The molecule has 6 nitrogen and oxygen atoms in total. The van der Waals surface area contributed by atoms with Crippen molar-refractivity contribution in [2.45, 2.75) is 12.3 Å². The zero-order chi connectivity index (χ0) is 20.3. The molecule has 1 heterocycles. The molecule has 0 bridgehead atoms. The number of anilines is 1. The number of carbonyl (C=O) groups is 2. The van der Waals surface area contributed by atoms with Gasteiger partial charge in [0.25, 0.3) is 5.91 Å². The number of hydrogen-bond donors (Lipinski definition) is 1. The molecule has 0 saturated carbocycles. The quantitative estimate of drug-likeness (QED) is 0.843. The van der Waals surface area contributed by atoms with Crippen molar-refractivity contribution >= 4 is 17.7 Å². The lowest BCUT2D eigenvalue weighted by Gasteiger charge is -2.15. The summed E-state index contributed by atoms with van der Waals surface area (Å²) in [6.45, 7) is 0.0514. The van der Waals surface area contributed by atoms with E-state index in [1.165, 1.54) is 19.2 Å². The van der Waals surface area contributed by atoms with E-state index in [-0.39, 0.29) is 24.7 Å². The van der Waals surface area contributed by atoms with Gasteiger partial charge in [-0.1, -0.05) is 12.1 Å². The Hall–Kier alpha value is -3.23. The first kappa shape index (κ1) is 19.5. The summed E-state index contributed by atoms with van der Waals surface area (Å²) in [5.74, 6) is 0.142. The largest absolute Gasteiger partial charge is 0.497 e. The SMILES string of the molecule is COc1cccc(C(=O)NCC2CN(c3cccc(C(F)(F)F)c3)C(=O)O2)c1. The van der Waals surface area contributed by atoms with Crippen LogP contribution in [0.3, 0.4) is 0 Å².